The lowest BCUT2D eigenvalue weighted by atomic mass is 9.97. The van der Waals surface area contributed by atoms with Crippen LogP contribution >= 0.6 is 0 Å². The van der Waals surface area contributed by atoms with Gasteiger partial charge in [0.15, 0.2) is 30.4 Å². The lowest BCUT2D eigenvalue weighted by Gasteiger charge is -2.45. The van der Waals surface area contributed by atoms with Gasteiger partial charge in [0, 0.05) is 5.92 Å². The summed E-state index contributed by atoms with van der Waals surface area (Å²) in [5.41, 5.74) is 0.756. The highest BCUT2D eigenvalue weighted by atomic mass is 16.8. The van der Waals surface area contributed by atoms with E-state index in [4.69, 9.17) is 23.7 Å². The van der Waals surface area contributed by atoms with E-state index in [1.807, 2.05) is 6.92 Å². The third-order valence-electron chi connectivity index (χ3n) is 5.94. The van der Waals surface area contributed by atoms with Crippen LogP contribution in [0.1, 0.15) is 18.4 Å². The van der Waals surface area contributed by atoms with E-state index >= 15 is 0 Å². The molecular weight excluding hydrogens is 460 g/mol. The normalized spacial score (nSPS) is 39.6. The second kappa shape index (κ2) is 11.4. The molecule has 8 N–H and O–H groups in total. The lowest BCUT2D eigenvalue weighted by Crippen LogP contribution is -2.64. The Labute approximate surface area is 195 Å². The number of methoxy groups -OCH3 is 1. The summed E-state index contributed by atoms with van der Waals surface area (Å²) in [5, 5.41) is 79.8. The highest BCUT2D eigenvalue weighted by Crippen LogP contribution is 2.32. The van der Waals surface area contributed by atoms with Gasteiger partial charge >= 0.3 is 0 Å². The van der Waals surface area contributed by atoms with Crippen molar-refractivity contribution in [3.63, 3.8) is 0 Å². The second-order valence-corrected chi connectivity index (χ2v) is 8.34. The Morgan fingerprint density at radius 2 is 1.62 bits per heavy atom. The van der Waals surface area contributed by atoms with Gasteiger partial charge in [0.1, 0.15) is 42.7 Å². The van der Waals surface area contributed by atoms with Gasteiger partial charge < -0.3 is 64.5 Å². The molecule has 11 atom stereocenters. The van der Waals surface area contributed by atoms with Crippen molar-refractivity contribution in [1.82, 2.24) is 0 Å². The third-order valence-corrected chi connectivity index (χ3v) is 5.94. The number of hydrogen-bond donors (Lipinski definition) is 8. The summed E-state index contributed by atoms with van der Waals surface area (Å²) in [6, 6.07) is 4.76. The number of aliphatic hydroxyl groups is 7. The molecule has 34 heavy (non-hydrogen) atoms. The molecule has 3 rings (SSSR count). The van der Waals surface area contributed by atoms with Gasteiger partial charge in [0.2, 0.25) is 0 Å². The number of aromatic hydroxyl groups is 1. The summed E-state index contributed by atoms with van der Waals surface area (Å²) in [7, 11) is 1.42. The molecular formula is C21H32O13. The van der Waals surface area contributed by atoms with Crippen molar-refractivity contribution in [2.24, 2.45) is 0 Å². The Kier molecular flexibility index (Phi) is 9.05. The van der Waals surface area contributed by atoms with Gasteiger partial charge in [-0.15, -0.1) is 0 Å². The summed E-state index contributed by atoms with van der Waals surface area (Å²) in [4.78, 5) is 0. The minimum Gasteiger partial charge on any atom is -0.504 e. The number of ether oxygens (including phenoxy) is 5. The molecule has 0 aromatic heterocycles. The van der Waals surface area contributed by atoms with Crippen LogP contribution in [0, 0.1) is 0 Å². The Bertz CT molecular complexity index is 794. The summed E-state index contributed by atoms with van der Waals surface area (Å²) in [6.45, 7) is 1.17. The van der Waals surface area contributed by atoms with Crippen molar-refractivity contribution in [1.29, 1.82) is 0 Å². The Balaban J connectivity index is 1.69. The lowest BCUT2D eigenvalue weighted by molar-refractivity contribution is -0.378. The molecule has 11 unspecified atom stereocenters. The number of benzene rings is 1. The van der Waals surface area contributed by atoms with Gasteiger partial charge in [-0.1, -0.05) is 13.0 Å². The molecule has 2 heterocycles. The molecule has 13 nitrogen and oxygen atoms in total. The van der Waals surface area contributed by atoms with Crippen molar-refractivity contribution in [2.75, 3.05) is 20.3 Å². The molecule has 0 saturated carbocycles. The predicted molar refractivity (Wildman–Crippen MR) is 111 cm³/mol. The molecule has 0 aliphatic carbocycles. The maximum atomic E-state index is 10.7. The maximum Gasteiger partial charge on any atom is 0.189 e. The number of phenols is 1. The van der Waals surface area contributed by atoms with Gasteiger partial charge in [-0.2, -0.15) is 0 Å². The van der Waals surface area contributed by atoms with E-state index in [9.17, 15) is 40.9 Å². The van der Waals surface area contributed by atoms with Crippen molar-refractivity contribution in [3.05, 3.63) is 23.8 Å². The minimum atomic E-state index is -1.89. The molecule has 0 radical (unpaired) electrons. The average Bonchev–Trinajstić information content (AvgIpc) is 2.83. The second-order valence-electron chi connectivity index (χ2n) is 8.34. The van der Waals surface area contributed by atoms with E-state index < -0.39 is 68.2 Å². The molecule has 2 aliphatic rings. The fraction of sp³-hybridized carbons (Fsp3) is 0.714. The highest BCUT2D eigenvalue weighted by molar-refractivity contribution is 5.42. The summed E-state index contributed by atoms with van der Waals surface area (Å²) < 4.78 is 26.6. The van der Waals surface area contributed by atoms with Crippen LogP contribution in [0.15, 0.2) is 18.2 Å². The van der Waals surface area contributed by atoms with Gasteiger partial charge in [-0.25, -0.2) is 0 Å². The Morgan fingerprint density at radius 1 is 0.912 bits per heavy atom. The van der Waals surface area contributed by atoms with Crippen LogP contribution in [0.25, 0.3) is 0 Å². The first-order chi connectivity index (χ1) is 16.1. The van der Waals surface area contributed by atoms with Crippen molar-refractivity contribution in [3.8, 4) is 11.5 Å². The van der Waals surface area contributed by atoms with E-state index in [0.29, 0.717) is 0 Å². The zero-order chi connectivity index (χ0) is 25.2. The smallest absolute Gasteiger partial charge is 0.189 e. The molecule has 13 heteroatoms. The summed E-state index contributed by atoms with van der Waals surface area (Å²) in [5.74, 6) is -0.00446. The summed E-state index contributed by atoms with van der Waals surface area (Å²) in [6.07, 6.45) is -16.4. The van der Waals surface area contributed by atoms with Crippen molar-refractivity contribution < 1.29 is 64.5 Å². The maximum absolute atomic E-state index is 10.7. The first-order valence-corrected chi connectivity index (χ1v) is 10.7. The van der Waals surface area contributed by atoms with Gasteiger partial charge in [-0.05, 0) is 17.7 Å². The number of aliphatic hydroxyl groups excluding tert-OH is 7. The third kappa shape index (κ3) is 5.61. The van der Waals surface area contributed by atoms with Crippen LogP contribution in [0.2, 0.25) is 0 Å². The molecule has 2 fully saturated rings. The predicted octanol–water partition coefficient (Wildman–Crippen LogP) is -2.90. The zero-order valence-corrected chi connectivity index (χ0v) is 18.6. The number of hydrogen-bond acceptors (Lipinski definition) is 13. The topological polar surface area (TPSA) is 208 Å². The largest absolute Gasteiger partial charge is 0.504 e. The minimum absolute atomic E-state index is 0.0167. The van der Waals surface area contributed by atoms with Crippen LogP contribution in [0.5, 0.6) is 11.5 Å². The van der Waals surface area contributed by atoms with E-state index in [2.05, 4.69) is 0 Å². The highest BCUT2D eigenvalue weighted by Gasteiger charge is 2.50. The van der Waals surface area contributed by atoms with E-state index in [1.54, 1.807) is 12.1 Å². The van der Waals surface area contributed by atoms with Crippen LogP contribution < -0.4 is 4.74 Å². The standard InChI is InChI=1S/C21H32O13/c1-8(9-3-4-10(23)11(5-9)30-2)7-31-20-17(28)18(13(24)12(6-22)32-20)33-21-16(27)14(25)15(26)19(29)34-21/h3-5,8,12-29H,6-7H2,1-2H3. The first-order valence-electron chi connectivity index (χ1n) is 10.7. The van der Waals surface area contributed by atoms with Crippen LogP contribution in [-0.4, -0.2) is 123 Å². The SMILES string of the molecule is COc1cc(C(C)COC2OC(CO)C(O)C(OC3OC(O)C(O)C(O)C3O)C2O)ccc1O. The Hall–Kier alpha value is -1.62. The monoisotopic (exact) mass is 492 g/mol. The number of rotatable bonds is 8. The van der Waals surface area contributed by atoms with Crippen molar-refractivity contribution in [2.45, 2.75) is 74.4 Å². The fourth-order valence-corrected chi connectivity index (χ4v) is 3.79. The Morgan fingerprint density at radius 3 is 2.26 bits per heavy atom. The van der Waals surface area contributed by atoms with Crippen LogP contribution in [-0.2, 0) is 18.9 Å². The summed E-state index contributed by atoms with van der Waals surface area (Å²) >= 11 is 0. The van der Waals surface area contributed by atoms with E-state index in [-0.39, 0.29) is 24.0 Å². The molecule has 1 aromatic rings. The average molecular weight is 492 g/mol. The molecule has 0 amide bonds. The van der Waals surface area contributed by atoms with E-state index in [0.717, 1.165) is 5.56 Å². The molecule has 0 spiro atoms. The van der Waals surface area contributed by atoms with E-state index in [1.165, 1.54) is 13.2 Å². The van der Waals surface area contributed by atoms with Crippen LogP contribution in [0.3, 0.4) is 0 Å². The quantitative estimate of drug-likeness (QED) is 0.183. The van der Waals surface area contributed by atoms with Gasteiger partial charge in [0.05, 0.1) is 20.3 Å². The van der Waals surface area contributed by atoms with Crippen molar-refractivity contribution >= 4 is 0 Å². The van der Waals surface area contributed by atoms with Crippen LogP contribution in [0.4, 0.5) is 0 Å². The molecule has 1 aromatic carbocycles. The first kappa shape index (κ1) is 27.0. The molecule has 194 valence electrons. The molecule has 2 saturated heterocycles. The fourth-order valence-electron chi connectivity index (χ4n) is 3.79. The zero-order valence-electron chi connectivity index (χ0n) is 18.6. The van der Waals surface area contributed by atoms with Gasteiger partial charge in [-0.3, -0.25) is 0 Å². The number of phenolic OH excluding ortho intramolecular Hbond substituents is 1. The van der Waals surface area contributed by atoms with Gasteiger partial charge in [0.25, 0.3) is 0 Å². The molecule has 0 bridgehead atoms. The molecule has 2 aliphatic heterocycles.